The van der Waals surface area contributed by atoms with Gasteiger partial charge in [-0.1, -0.05) is 0 Å². The summed E-state index contributed by atoms with van der Waals surface area (Å²) in [4.78, 5) is 8.11. The lowest BCUT2D eigenvalue weighted by Gasteiger charge is -2.09. The highest BCUT2D eigenvalue weighted by atomic mass is 14.8. The predicted octanol–water partition coefficient (Wildman–Crippen LogP) is 0.639. The molecule has 56 valence electrons. The Kier molecular flexibility index (Phi) is 1.35. The fraction of sp³-hybridized carbons (Fsp3) is 0.250. The zero-order chi connectivity index (χ0) is 7.68. The van der Waals surface area contributed by atoms with E-state index in [0.29, 0.717) is 5.82 Å². The second kappa shape index (κ2) is 2.34. The molecule has 1 aromatic heterocycles. The van der Waals surface area contributed by atoms with Gasteiger partial charge in [-0.15, -0.1) is 0 Å². The van der Waals surface area contributed by atoms with Gasteiger partial charge < -0.3 is 5.73 Å². The highest BCUT2D eigenvalue weighted by Crippen LogP contribution is 2.15. The molecule has 0 bridgehead atoms. The van der Waals surface area contributed by atoms with Crippen molar-refractivity contribution < 1.29 is 0 Å². The maximum Gasteiger partial charge on any atom is 0.132 e. The Bertz CT molecular complexity index is 304. The number of pyridine rings is 1. The van der Waals surface area contributed by atoms with Gasteiger partial charge in [-0.25, -0.2) is 4.98 Å². The van der Waals surface area contributed by atoms with Crippen LogP contribution < -0.4 is 5.73 Å². The lowest BCUT2D eigenvalue weighted by molar-refractivity contribution is 0.948. The summed E-state index contributed by atoms with van der Waals surface area (Å²) in [6.45, 7) is 0.871. The normalized spacial score (nSPS) is 14.5. The third-order valence-electron chi connectivity index (χ3n) is 1.84. The maximum atomic E-state index is 5.64. The average Bonchev–Trinajstić information content (AvgIpc) is 2.06. The van der Waals surface area contributed by atoms with E-state index in [2.05, 4.69) is 9.98 Å². The van der Waals surface area contributed by atoms with Crippen molar-refractivity contribution >= 4 is 12.0 Å². The van der Waals surface area contributed by atoms with Crippen LogP contribution in [-0.4, -0.2) is 17.7 Å². The van der Waals surface area contributed by atoms with Crippen LogP contribution in [0.5, 0.6) is 0 Å². The summed E-state index contributed by atoms with van der Waals surface area (Å²) in [5, 5.41) is 0. The fourth-order valence-electron chi connectivity index (χ4n) is 1.24. The summed E-state index contributed by atoms with van der Waals surface area (Å²) in [5.41, 5.74) is 7.89. The van der Waals surface area contributed by atoms with E-state index in [1.807, 2.05) is 6.07 Å². The molecule has 1 aliphatic heterocycles. The minimum atomic E-state index is 0.589. The van der Waals surface area contributed by atoms with Gasteiger partial charge in [0.2, 0.25) is 0 Å². The van der Waals surface area contributed by atoms with Crippen LogP contribution in [0.1, 0.15) is 11.1 Å². The molecule has 0 saturated carbocycles. The molecule has 0 fully saturated rings. The summed E-state index contributed by atoms with van der Waals surface area (Å²) in [6, 6.07) is 2.00. The van der Waals surface area contributed by atoms with Gasteiger partial charge in [0.1, 0.15) is 5.82 Å². The summed E-state index contributed by atoms with van der Waals surface area (Å²) in [7, 11) is 0. The molecule has 2 heterocycles. The van der Waals surface area contributed by atoms with E-state index < -0.39 is 0 Å². The van der Waals surface area contributed by atoms with Crippen LogP contribution in [0.4, 0.5) is 5.82 Å². The maximum absolute atomic E-state index is 5.64. The summed E-state index contributed by atoms with van der Waals surface area (Å²) in [5.74, 6) is 0.589. The molecule has 11 heavy (non-hydrogen) atoms. The van der Waals surface area contributed by atoms with Gasteiger partial charge in [0.25, 0.3) is 0 Å². The number of aromatic nitrogens is 1. The standard InChI is InChI=1S/C8H9N3/c9-8-7-5-10-3-1-6(7)2-4-11-8/h2,4-5H,1,3H2,(H2,9,11). The second-order valence-corrected chi connectivity index (χ2v) is 2.55. The van der Waals surface area contributed by atoms with Crippen molar-refractivity contribution in [1.29, 1.82) is 0 Å². The van der Waals surface area contributed by atoms with Crippen LogP contribution in [-0.2, 0) is 6.42 Å². The Labute approximate surface area is 65.0 Å². The van der Waals surface area contributed by atoms with Crippen molar-refractivity contribution in [2.75, 3.05) is 12.3 Å². The number of fused-ring (bicyclic) bond motifs is 1. The third-order valence-corrected chi connectivity index (χ3v) is 1.84. The van der Waals surface area contributed by atoms with Crippen molar-refractivity contribution in [3.63, 3.8) is 0 Å². The SMILES string of the molecule is Nc1nccc2c1C=NCC2. The quantitative estimate of drug-likeness (QED) is 0.585. The molecule has 0 atom stereocenters. The zero-order valence-electron chi connectivity index (χ0n) is 6.12. The first-order valence-electron chi connectivity index (χ1n) is 3.61. The zero-order valence-corrected chi connectivity index (χ0v) is 6.12. The van der Waals surface area contributed by atoms with Gasteiger partial charge in [0.15, 0.2) is 0 Å². The number of nitrogens with zero attached hydrogens (tertiary/aromatic N) is 2. The molecule has 0 unspecified atom stereocenters. The lowest BCUT2D eigenvalue weighted by atomic mass is 10.1. The van der Waals surface area contributed by atoms with Gasteiger partial charge >= 0.3 is 0 Å². The van der Waals surface area contributed by atoms with Crippen LogP contribution in [0.3, 0.4) is 0 Å². The molecule has 2 N–H and O–H groups in total. The number of aliphatic imine (C=N–C) groups is 1. The number of hydrogen-bond donors (Lipinski definition) is 1. The molecule has 3 nitrogen and oxygen atoms in total. The third kappa shape index (κ3) is 0.981. The molecule has 0 saturated heterocycles. The Morgan fingerprint density at radius 1 is 1.45 bits per heavy atom. The molecule has 2 rings (SSSR count). The number of rotatable bonds is 0. The molecule has 0 amide bonds. The number of hydrogen-bond acceptors (Lipinski definition) is 3. The van der Waals surface area contributed by atoms with E-state index in [0.717, 1.165) is 18.5 Å². The van der Waals surface area contributed by atoms with Crippen molar-refractivity contribution in [3.8, 4) is 0 Å². The summed E-state index contributed by atoms with van der Waals surface area (Å²) < 4.78 is 0. The number of nitrogen functional groups attached to an aromatic ring is 1. The Balaban J connectivity index is 2.60. The van der Waals surface area contributed by atoms with Crippen LogP contribution in [0.25, 0.3) is 0 Å². The van der Waals surface area contributed by atoms with Crippen LogP contribution in [0.2, 0.25) is 0 Å². The topological polar surface area (TPSA) is 51.3 Å². The molecule has 0 radical (unpaired) electrons. The van der Waals surface area contributed by atoms with Crippen LogP contribution in [0, 0.1) is 0 Å². The van der Waals surface area contributed by atoms with Gasteiger partial charge in [-0.2, -0.15) is 0 Å². The van der Waals surface area contributed by atoms with E-state index in [1.165, 1.54) is 5.56 Å². The lowest BCUT2D eigenvalue weighted by Crippen LogP contribution is -2.07. The van der Waals surface area contributed by atoms with Gasteiger partial charge in [-0.3, -0.25) is 4.99 Å². The van der Waals surface area contributed by atoms with Gasteiger partial charge in [0, 0.05) is 24.5 Å². The van der Waals surface area contributed by atoms with Crippen molar-refractivity contribution in [3.05, 3.63) is 23.4 Å². The minimum Gasteiger partial charge on any atom is -0.383 e. The first-order valence-corrected chi connectivity index (χ1v) is 3.61. The molecular weight excluding hydrogens is 138 g/mol. The molecule has 0 aromatic carbocycles. The smallest absolute Gasteiger partial charge is 0.132 e. The highest BCUT2D eigenvalue weighted by Gasteiger charge is 2.07. The van der Waals surface area contributed by atoms with Crippen molar-refractivity contribution in [2.24, 2.45) is 4.99 Å². The van der Waals surface area contributed by atoms with Crippen molar-refractivity contribution in [2.45, 2.75) is 6.42 Å². The highest BCUT2D eigenvalue weighted by molar-refractivity contribution is 5.88. The monoisotopic (exact) mass is 147 g/mol. The van der Waals surface area contributed by atoms with E-state index >= 15 is 0 Å². The molecule has 3 heteroatoms. The number of nitrogens with two attached hydrogens (primary N) is 1. The molecule has 0 spiro atoms. The second-order valence-electron chi connectivity index (χ2n) is 2.55. The number of anilines is 1. The Morgan fingerprint density at radius 3 is 3.18 bits per heavy atom. The summed E-state index contributed by atoms with van der Waals surface area (Å²) >= 11 is 0. The largest absolute Gasteiger partial charge is 0.383 e. The van der Waals surface area contributed by atoms with E-state index in [-0.39, 0.29) is 0 Å². The Morgan fingerprint density at radius 2 is 2.36 bits per heavy atom. The minimum absolute atomic E-state index is 0.589. The first-order chi connectivity index (χ1) is 5.38. The fourth-order valence-corrected chi connectivity index (χ4v) is 1.24. The molecule has 1 aromatic rings. The predicted molar refractivity (Wildman–Crippen MR) is 44.8 cm³/mol. The van der Waals surface area contributed by atoms with Crippen LogP contribution >= 0.6 is 0 Å². The van der Waals surface area contributed by atoms with E-state index in [4.69, 9.17) is 5.73 Å². The summed E-state index contributed by atoms with van der Waals surface area (Å²) in [6.07, 6.45) is 4.53. The first kappa shape index (κ1) is 6.34. The van der Waals surface area contributed by atoms with Gasteiger partial charge in [0.05, 0.1) is 0 Å². The molecule has 0 aliphatic carbocycles. The van der Waals surface area contributed by atoms with E-state index in [9.17, 15) is 0 Å². The van der Waals surface area contributed by atoms with E-state index in [1.54, 1.807) is 12.4 Å². The average molecular weight is 147 g/mol. The van der Waals surface area contributed by atoms with Crippen molar-refractivity contribution in [1.82, 2.24) is 4.98 Å². The molecular formula is C8H9N3. The molecule has 1 aliphatic rings. The Hall–Kier alpha value is -1.38. The van der Waals surface area contributed by atoms with Crippen LogP contribution in [0.15, 0.2) is 17.3 Å². The van der Waals surface area contributed by atoms with Gasteiger partial charge in [-0.05, 0) is 18.1 Å².